The van der Waals surface area contributed by atoms with Crippen LogP contribution >= 0.6 is 11.8 Å². The highest BCUT2D eigenvalue weighted by Gasteiger charge is 2.16. The zero-order valence-electron chi connectivity index (χ0n) is 14.8. The summed E-state index contributed by atoms with van der Waals surface area (Å²) in [6.45, 7) is 5.09. The fraction of sp³-hybridized carbons (Fsp3) is 0.350. The van der Waals surface area contributed by atoms with Crippen LogP contribution in [0.15, 0.2) is 59.5 Å². The molecule has 4 heteroatoms. The molecular formula is C20H26N2OS. The van der Waals surface area contributed by atoms with E-state index in [9.17, 15) is 4.79 Å². The highest BCUT2D eigenvalue weighted by molar-refractivity contribution is 7.99. The quantitative estimate of drug-likeness (QED) is 0.765. The molecule has 0 aliphatic rings. The summed E-state index contributed by atoms with van der Waals surface area (Å²) in [7, 11) is 4.03. The number of rotatable bonds is 7. The molecule has 2 rings (SSSR count). The van der Waals surface area contributed by atoms with Crippen LogP contribution in [0, 0.1) is 0 Å². The van der Waals surface area contributed by atoms with Crippen molar-refractivity contribution in [3.8, 4) is 0 Å². The van der Waals surface area contributed by atoms with Gasteiger partial charge >= 0.3 is 0 Å². The van der Waals surface area contributed by atoms with Crippen LogP contribution in [0.5, 0.6) is 0 Å². The van der Waals surface area contributed by atoms with Gasteiger partial charge in [-0.2, -0.15) is 0 Å². The van der Waals surface area contributed by atoms with E-state index >= 15 is 0 Å². The van der Waals surface area contributed by atoms with Crippen molar-refractivity contribution >= 4 is 17.7 Å². The first-order valence-corrected chi connectivity index (χ1v) is 9.11. The van der Waals surface area contributed by atoms with E-state index in [1.807, 2.05) is 56.6 Å². The molecule has 0 bridgehead atoms. The molecule has 0 saturated carbocycles. The third-order valence-corrected chi connectivity index (χ3v) is 4.56. The number of carbonyl (C=O) groups is 1. The fourth-order valence-electron chi connectivity index (χ4n) is 2.48. The average Bonchev–Trinajstić information content (AvgIpc) is 2.54. The largest absolute Gasteiger partial charge is 0.344 e. The average molecular weight is 343 g/mol. The summed E-state index contributed by atoms with van der Waals surface area (Å²) in [6, 6.07) is 17.9. The van der Waals surface area contributed by atoms with Crippen LogP contribution in [0.2, 0.25) is 0 Å². The normalized spacial score (nSPS) is 12.4. The number of hydrogen-bond donors (Lipinski definition) is 1. The number of thioether (sulfide) groups is 1. The van der Waals surface area contributed by atoms with Crippen LogP contribution in [0.3, 0.4) is 0 Å². The van der Waals surface area contributed by atoms with E-state index in [-0.39, 0.29) is 11.9 Å². The summed E-state index contributed by atoms with van der Waals surface area (Å²) in [4.78, 5) is 15.9. The van der Waals surface area contributed by atoms with Crippen molar-refractivity contribution in [1.29, 1.82) is 0 Å². The topological polar surface area (TPSA) is 32.3 Å². The maximum Gasteiger partial charge on any atom is 0.251 e. The zero-order chi connectivity index (χ0) is 17.5. The highest BCUT2D eigenvalue weighted by Crippen LogP contribution is 2.23. The number of amides is 1. The Bertz CT molecular complexity index is 638. The van der Waals surface area contributed by atoms with Crippen molar-refractivity contribution in [2.24, 2.45) is 0 Å². The Morgan fingerprint density at radius 1 is 1.04 bits per heavy atom. The molecule has 2 aromatic carbocycles. The smallest absolute Gasteiger partial charge is 0.251 e. The lowest BCUT2D eigenvalue weighted by Crippen LogP contribution is -2.35. The van der Waals surface area contributed by atoms with E-state index in [0.29, 0.717) is 10.8 Å². The number of nitrogens with one attached hydrogen (secondary N) is 1. The predicted molar refractivity (Wildman–Crippen MR) is 103 cm³/mol. The molecule has 0 aliphatic carbocycles. The van der Waals surface area contributed by atoms with Gasteiger partial charge in [0.25, 0.3) is 5.91 Å². The summed E-state index contributed by atoms with van der Waals surface area (Å²) in [5.41, 5.74) is 1.81. The molecule has 0 fully saturated rings. The minimum Gasteiger partial charge on any atom is -0.344 e. The van der Waals surface area contributed by atoms with E-state index in [2.05, 4.69) is 36.2 Å². The van der Waals surface area contributed by atoms with Gasteiger partial charge in [0.2, 0.25) is 0 Å². The van der Waals surface area contributed by atoms with E-state index in [1.54, 1.807) is 11.8 Å². The second-order valence-electron chi connectivity index (χ2n) is 6.39. The summed E-state index contributed by atoms with van der Waals surface area (Å²) in [5, 5.41) is 3.69. The van der Waals surface area contributed by atoms with Gasteiger partial charge in [-0.05, 0) is 43.9 Å². The number of carbonyl (C=O) groups excluding carboxylic acids is 1. The van der Waals surface area contributed by atoms with E-state index in [0.717, 1.165) is 12.1 Å². The van der Waals surface area contributed by atoms with Gasteiger partial charge in [0.1, 0.15) is 0 Å². The summed E-state index contributed by atoms with van der Waals surface area (Å²) < 4.78 is 0. The van der Waals surface area contributed by atoms with Gasteiger partial charge in [-0.1, -0.05) is 44.2 Å². The third kappa shape index (κ3) is 5.69. The van der Waals surface area contributed by atoms with Crippen molar-refractivity contribution < 1.29 is 4.79 Å². The lowest BCUT2D eigenvalue weighted by atomic mass is 10.1. The first kappa shape index (κ1) is 18.6. The molecule has 0 aliphatic heterocycles. The molecular weight excluding hydrogens is 316 g/mol. The monoisotopic (exact) mass is 342 g/mol. The number of likely N-dealkylation sites (N-methyl/N-ethyl adjacent to an activating group) is 1. The van der Waals surface area contributed by atoms with Crippen LogP contribution in [-0.4, -0.2) is 36.7 Å². The molecule has 1 amide bonds. The van der Waals surface area contributed by atoms with Crippen molar-refractivity contribution in [2.45, 2.75) is 30.0 Å². The first-order chi connectivity index (χ1) is 11.5. The van der Waals surface area contributed by atoms with Crippen LogP contribution in [0.25, 0.3) is 0 Å². The van der Waals surface area contributed by atoms with Crippen LogP contribution in [0.4, 0.5) is 0 Å². The summed E-state index contributed by atoms with van der Waals surface area (Å²) >= 11 is 1.80. The summed E-state index contributed by atoms with van der Waals surface area (Å²) in [5.74, 6) is -0.0354. The molecule has 0 heterocycles. The van der Waals surface area contributed by atoms with E-state index < -0.39 is 0 Å². The highest BCUT2D eigenvalue weighted by atomic mass is 32.2. The Balaban J connectivity index is 2.09. The van der Waals surface area contributed by atoms with Crippen molar-refractivity contribution in [3.63, 3.8) is 0 Å². The number of benzene rings is 2. The molecule has 2 aromatic rings. The molecule has 1 N–H and O–H groups in total. The lowest BCUT2D eigenvalue weighted by molar-refractivity contribution is 0.0930. The molecule has 0 saturated heterocycles. The van der Waals surface area contributed by atoms with Gasteiger partial charge < -0.3 is 10.2 Å². The van der Waals surface area contributed by atoms with Gasteiger partial charge in [0.05, 0.1) is 6.04 Å². The maximum absolute atomic E-state index is 12.6. The standard InChI is InChI=1S/C20H26N2OS/c1-15(2)24-18-12-10-17(11-13-18)20(23)21-19(14-22(3)4)16-8-6-5-7-9-16/h5-13,15,19H,14H2,1-4H3,(H,21,23). The lowest BCUT2D eigenvalue weighted by Gasteiger charge is -2.23. The molecule has 0 aromatic heterocycles. The third-order valence-electron chi connectivity index (χ3n) is 3.54. The predicted octanol–water partition coefficient (Wildman–Crippen LogP) is 4.22. The molecule has 1 atom stereocenters. The Morgan fingerprint density at radius 3 is 2.21 bits per heavy atom. The van der Waals surface area contributed by atoms with Gasteiger partial charge in [0, 0.05) is 22.3 Å². The SMILES string of the molecule is CC(C)Sc1ccc(C(=O)NC(CN(C)C)c2ccccc2)cc1. The molecule has 0 radical (unpaired) electrons. The van der Waals surface area contributed by atoms with Crippen LogP contribution < -0.4 is 5.32 Å². The van der Waals surface area contributed by atoms with Gasteiger partial charge in [-0.25, -0.2) is 0 Å². The van der Waals surface area contributed by atoms with Crippen LogP contribution in [-0.2, 0) is 0 Å². The van der Waals surface area contributed by atoms with E-state index in [4.69, 9.17) is 0 Å². The molecule has 128 valence electrons. The zero-order valence-corrected chi connectivity index (χ0v) is 15.6. The fourth-order valence-corrected chi connectivity index (χ4v) is 3.32. The van der Waals surface area contributed by atoms with Crippen molar-refractivity contribution in [1.82, 2.24) is 10.2 Å². The minimum absolute atomic E-state index is 0.0292. The molecule has 3 nitrogen and oxygen atoms in total. The first-order valence-electron chi connectivity index (χ1n) is 8.23. The minimum atomic E-state index is -0.0354. The Labute approximate surface area is 149 Å². The summed E-state index contributed by atoms with van der Waals surface area (Å²) in [6.07, 6.45) is 0. The van der Waals surface area contributed by atoms with Crippen LogP contribution in [0.1, 0.15) is 35.8 Å². The molecule has 0 spiro atoms. The van der Waals surface area contributed by atoms with Crippen molar-refractivity contribution in [3.05, 3.63) is 65.7 Å². The molecule has 1 unspecified atom stereocenters. The number of hydrogen-bond acceptors (Lipinski definition) is 3. The van der Waals surface area contributed by atoms with Gasteiger partial charge in [0.15, 0.2) is 0 Å². The van der Waals surface area contributed by atoms with Gasteiger partial charge in [-0.3, -0.25) is 4.79 Å². The Kier molecular flexibility index (Phi) is 6.88. The number of nitrogens with zero attached hydrogens (tertiary/aromatic N) is 1. The molecule has 24 heavy (non-hydrogen) atoms. The Morgan fingerprint density at radius 2 is 1.67 bits per heavy atom. The second-order valence-corrected chi connectivity index (χ2v) is 8.04. The second kappa shape index (κ2) is 8.90. The maximum atomic E-state index is 12.6. The van der Waals surface area contributed by atoms with Gasteiger partial charge in [-0.15, -0.1) is 11.8 Å². The van der Waals surface area contributed by atoms with E-state index in [1.165, 1.54) is 4.90 Å². The Hall–Kier alpha value is -1.78. The van der Waals surface area contributed by atoms with Crippen molar-refractivity contribution in [2.75, 3.05) is 20.6 Å².